The van der Waals surface area contributed by atoms with E-state index in [4.69, 9.17) is 14.9 Å². The first kappa shape index (κ1) is 11.9. The first-order chi connectivity index (χ1) is 6.65. The van der Waals surface area contributed by atoms with Crippen LogP contribution in [0.15, 0.2) is 0 Å². The van der Waals surface area contributed by atoms with E-state index in [1.54, 1.807) is 0 Å². The van der Waals surface area contributed by atoms with Crippen LogP contribution in [-0.2, 0) is 4.74 Å². The van der Waals surface area contributed by atoms with Crippen molar-refractivity contribution < 1.29 is 14.9 Å². The zero-order valence-corrected chi connectivity index (χ0v) is 9.02. The fraction of sp³-hybridized carbons (Fsp3) is 1.00. The fourth-order valence-electron chi connectivity index (χ4n) is 1.89. The molecule has 84 valence electrons. The van der Waals surface area contributed by atoms with Gasteiger partial charge < -0.3 is 14.9 Å². The molecule has 1 rings (SSSR count). The zero-order valence-electron chi connectivity index (χ0n) is 9.02. The molecule has 0 aromatic heterocycles. The van der Waals surface area contributed by atoms with Crippen LogP contribution < -0.4 is 0 Å². The molecule has 1 saturated heterocycles. The van der Waals surface area contributed by atoms with Crippen LogP contribution in [0.4, 0.5) is 0 Å². The summed E-state index contributed by atoms with van der Waals surface area (Å²) in [5, 5.41) is 18.0. The smallest absolute Gasteiger partial charge is 0.0936 e. The predicted octanol–water partition coefficient (Wildman–Crippen LogP) is -0.304. The van der Waals surface area contributed by atoms with Gasteiger partial charge in [-0.05, 0) is 12.8 Å². The summed E-state index contributed by atoms with van der Waals surface area (Å²) in [5.41, 5.74) is 0. The molecule has 2 N–H and O–H groups in total. The van der Waals surface area contributed by atoms with E-state index in [1.165, 1.54) is 0 Å². The third kappa shape index (κ3) is 3.53. The second-order valence-electron chi connectivity index (χ2n) is 4.26. The Kier molecular flexibility index (Phi) is 4.81. The van der Waals surface area contributed by atoms with E-state index in [2.05, 4.69) is 4.90 Å². The van der Waals surface area contributed by atoms with E-state index in [-0.39, 0.29) is 25.4 Å². The molecular formula is C10H21NO3. The molecule has 1 aliphatic rings. The molecule has 3 atom stereocenters. The topological polar surface area (TPSA) is 52.9 Å². The summed E-state index contributed by atoms with van der Waals surface area (Å²) in [5.74, 6) is 0.291. The standard InChI is InChI=1S/C10H21NO3/c1-8(6-12)3-11-4-9(2)14-10(5-11)7-13/h8-10,12-13H,3-7H2,1-2H3. The Morgan fingerprint density at radius 3 is 2.71 bits per heavy atom. The summed E-state index contributed by atoms with van der Waals surface area (Å²) in [6, 6.07) is 0. The second-order valence-corrected chi connectivity index (χ2v) is 4.26. The molecule has 0 bridgehead atoms. The van der Waals surface area contributed by atoms with Gasteiger partial charge in [0.1, 0.15) is 0 Å². The van der Waals surface area contributed by atoms with Gasteiger partial charge in [0, 0.05) is 26.2 Å². The van der Waals surface area contributed by atoms with E-state index in [9.17, 15) is 0 Å². The number of ether oxygens (including phenoxy) is 1. The Hall–Kier alpha value is -0.160. The maximum absolute atomic E-state index is 9.02. The second kappa shape index (κ2) is 5.66. The van der Waals surface area contributed by atoms with Crippen LogP contribution in [0.3, 0.4) is 0 Å². The third-order valence-electron chi connectivity index (χ3n) is 2.49. The Labute approximate surface area is 85.5 Å². The molecule has 0 amide bonds. The molecule has 0 aromatic rings. The van der Waals surface area contributed by atoms with Crippen molar-refractivity contribution in [3.05, 3.63) is 0 Å². The Bertz CT molecular complexity index is 163. The van der Waals surface area contributed by atoms with Crippen molar-refractivity contribution in [3.8, 4) is 0 Å². The Balaban J connectivity index is 2.37. The van der Waals surface area contributed by atoms with Gasteiger partial charge in [-0.2, -0.15) is 0 Å². The predicted molar refractivity (Wildman–Crippen MR) is 54.1 cm³/mol. The number of aliphatic hydroxyl groups excluding tert-OH is 2. The molecule has 0 aliphatic carbocycles. The lowest BCUT2D eigenvalue weighted by molar-refractivity contribution is -0.0983. The molecule has 1 heterocycles. The average molecular weight is 203 g/mol. The number of nitrogens with zero attached hydrogens (tertiary/aromatic N) is 1. The zero-order chi connectivity index (χ0) is 10.6. The molecule has 4 nitrogen and oxygen atoms in total. The van der Waals surface area contributed by atoms with Crippen molar-refractivity contribution >= 4 is 0 Å². The van der Waals surface area contributed by atoms with Crippen LogP contribution in [0.1, 0.15) is 13.8 Å². The van der Waals surface area contributed by atoms with Gasteiger partial charge in [0.15, 0.2) is 0 Å². The van der Waals surface area contributed by atoms with Gasteiger partial charge in [-0.3, -0.25) is 4.90 Å². The van der Waals surface area contributed by atoms with Crippen LogP contribution in [0.25, 0.3) is 0 Å². The van der Waals surface area contributed by atoms with Crippen LogP contribution in [-0.4, -0.2) is 60.2 Å². The Morgan fingerprint density at radius 2 is 2.14 bits per heavy atom. The van der Waals surface area contributed by atoms with Crippen molar-refractivity contribution in [1.82, 2.24) is 4.90 Å². The number of morpholine rings is 1. The van der Waals surface area contributed by atoms with Gasteiger partial charge in [0.25, 0.3) is 0 Å². The van der Waals surface area contributed by atoms with Gasteiger partial charge in [-0.25, -0.2) is 0 Å². The van der Waals surface area contributed by atoms with Crippen molar-refractivity contribution in [3.63, 3.8) is 0 Å². The summed E-state index contributed by atoms with van der Waals surface area (Å²) >= 11 is 0. The molecule has 1 aliphatic heterocycles. The highest BCUT2D eigenvalue weighted by molar-refractivity contribution is 4.76. The number of aliphatic hydroxyl groups is 2. The molecule has 0 spiro atoms. The lowest BCUT2D eigenvalue weighted by Gasteiger charge is -2.37. The maximum Gasteiger partial charge on any atom is 0.0936 e. The first-order valence-electron chi connectivity index (χ1n) is 5.25. The summed E-state index contributed by atoms with van der Waals surface area (Å²) < 4.78 is 5.53. The molecule has 3 unspecified atom stereocenters. The minimum Gasteiger partial charge on any atom is -0.396 e. The fourth-order valence-corrected chi connectivity index (χ4v) is 1.89. The first-order valence-corrected chi connectivity index (χ1v) is 5.25. The van der Waals surface area contributed by atoms with Gasteiger partial charge in [-0.15, -0.1) is 0 Å². The lowest BCUT2D eigenvalue weighted by Crippen LogP contribution is -2.49. The molecule has 14 heavy (non-hydrogen) atoms. The van der Waals surface area contributed by atoms with Gasteiger partial charge in [0.05, 0.1) is 18.8 Å². The molecule has 1 fully saturated rings. The monoisotopic (exact) mass is 203 g/mol. The van der Waals surface area contributed by atoms with E-state index >= 15 is 0 Å². The summed E-state index contributed by atoms with van der Waals surface area (Å²) in [6.07, 6.45) is 0.108. The van der Waals surface area contributed by atoms with Crippen LogP contribution in [0.5, 0.6) is 0 Å². The number of rotatable bonds is 4. The van der Waals surface area contributed by atoms with Crippen LogP contribution >= 0.6 is 0 Å². The lowest BCUT2D eigenvalue weighted by atomic mass is 10.1. The van der Waals surface area contributed by atoms with Gasteiger partial charge in [0.2, 0.25) is 0 Å². The largest absolute Gasteiger partial charge is 0.396 e. The normalized spacial score (nSPS) is 31.7. The molecule has 0 saturated carbocycles. The van der Waals surface area contributed by atoms with E-state index < -0.39 is 0 Å². The van der Waals surface area contributed by atoms with Crippen molar-refractivity contribution in [2.24, 2.45) is 5.92 Å². The van der Waals surface area contributed by atoms with Gasteiger partial charge >= 0.3 is 0 Å². The summed E-state index contributed by atoms with van der Waals surface area (Å²) in [7, 11) is 0. The highest BCUT2D eigenvalue weighted by Gasteiger charge is 2.25. The van der Waals surface area contributed by atoms with E-state index in [1.807, 2.05) is 13.8 Å². The van der Waals surface area contributed by atoms with Crippen molar-refractivity contribution in [2.75, 3.05) is 32.8 Å². The minimum absolute atomic E-state index is 0.0651. The van der Waals surface area contributed by atoms with E-state index in [0.29, 0.717) is 5.92 Å². The SMILES string of the molecule is CC(CO)CN1CC(C)OC(CO)C1. The highest BCUT2D eigenvalue weighted by Crippen LogP contribution is 2.12. The summed E-state index contributed by atoms with van der Waals surface area (Å²) in [6.45, 7) is 6.86. The summed E-state index contributed by atoms with van der Waals surface area (Å²) in [4.78, 5) is 2.25. The van der Waals surface area contributed by atoms with Crippen molar-refractivity contribution in [1.29, 1.82) is 0 Å². The maximum atomic E-state index is 9.02. The van der Waals surface area contributed by atoms with Crippen LogP contribution in [0, 0.1) is 5.92 Å². The van der Waals surface area contributed by atoms with Crippen molar-refractivity contribution in [2.45, 2.75) is 26.1 Å². The quantitative estimate of drug-likeness (QED) is 0.658. The van der Waals surface area contributed by atoms with E-state index in [0.717, 1.165) is 19.6 Å². The molecular weight excluding hydrogens is 182 g/mol. The minimum atomic E-state index is -0.0651. The molecule has 0 aromatic carbocycles. The molecule has 0 radical (unpaired) electrons. The van der Waals surface area contributed by atoms with Gasteiger partial charge in [-0.1, -0.05) is 6.92 Å². The third-order valence-corrected chi connectivity index (χ3v) is 2.49. The average Bonchev–Trinajstić information content (AvgIpc) is 2.16. The highest BCUT2D eigenvalue weighted by atomic mass is 16.5. The Morgan fingerprint density at radius 1 is 1.43 bits per heavy atom. The number of hydrogen-bond donors (Lipinski definition) is 2. The number of hydrogen-bond acceptors (Lipinski definition) is 4. The van der Waals surface area contributed by atoms with Crippen LogP contribution in [0.2, 0.25) is 0 Å². The molecule has 4 heteroatoms.